The van der Waals surface area contributed by atoms with Gasteiger partial charge in [-0.25, -0.2) is 0 Å². The zero-order valence-electron chi connectivity index (χ0n) is 15.7. The van der Waals surface area contributed by atoms with E-state index in [4.69, 9.17) is 9.73 Å². The predicted molar refractivity (Wildman–Crippen MR) is 99.1 cm³/mol. The third-order valence-electron chi connectivity index (χ3n) is 4.42. The lowest BCUT2D eigenvalue weighted by molar-refractivity contribution is 0.121. The van der Waals surface area contributed by atoms with E-state index < -0.39 is 0 Å². The summed E-state index contributed by atoms with van der Waals surface area (Å²) in [5.41, 5.74) is 0. The van der Waals surface area contributed by atoms with E-state index >= 15 is 0 Å². The highest BCUT2D eigenvalue weighted by molar-refractivity contribution is 5.79. The Balaban J connectivity index is 2.25. The molecule has 2 N–H and O–H groups in total. The molecule has 0 spiro atoms. The first-order valence-electron chi connectivity index (χ1n) is 9.39. The fourth-order valence-electron chi connectivity index (χ4n) is 2.89. The molecule has 0 atom stereocenters. The third-order valence-corrected chi connectivity index (χ3v) is 4.42. The van der Waals surface area contributed by atoms with Crippen LogP contribution in [0.4, 0.5) is 0 Å². The van der Waals surface area contributed by atoms with Gasteiger partial charge >= 0.3 is 0 Å². The molecule has 1 saturated heterocycles. The molecule has 0 aromatic heterocycles. The van der Waals surface area contributed by atoms with Gasteiger partial charge in [-0.1, -0.05) is 13.8 Å². The molecule has 0 radical (unpaired) electrons. The zero-order chi connectivity index (χ0) is 16.9. The van der Waals surface area contributed by atoms with Gasteiger partial charge in [0.25, 0.3) is 0 Å². The number of ether oxygens (including phenoxy) is 1. The minimum atomic E-state index is 0.722. The van der Waals surface area contributed by atoms with Crippen LogP contribution in [0.3, 0.4) is 0 Å². The molecule has 0 bridgehead atoms. The fraction of sp³-hybridized carbons (Fsp3) is 0.944. The van der Waals surface area contributed by atoms with E-state index in [2.05, 4.69) is 36.3 Å². The van der Waals surface area contributed by atoms with Gasteiger partial charge in [-0.2, -0.15) is 0 Å². The van der Waals surface area contributed by atoms with Gasteiger partial charge < -0.3 is 20.3 Å². The van der Waals surface area contributed by atoms with Gasteiger partial charge in [0.05, 0.1) is 6.61 Å². The second kappa shape index (κ2) is 12.6. The first-order chi connectivity index (χ1) is 11.2. The average Bonchev–Trinajstić information content (AvgIpc) is 2.55. The maximum Gasteiger partial charge on any atom is 0.191 e. The summed E-state index contributed by atoms with van der Waals surface area (Å²) in [4.78, 5) is 7.29. The van der Waals surface area contributed by atoms with Gasteiger partial charge in [0.2, 0.25) is 0 Å². The Morgan fingerprint density at radius 3 is 2.61 bits per heavy atom. The Kier molecular flexibility index (Phi) is 11.1. The largest absolute Gasteiger partial charge is 0.383 e. The summed E-state index contributed by atoms with van der Waals surface area (Å²) in [6.45, 7) is 13.8. The van der Waals surface area contributed by atoms with Crippen molar-refractivity contribution in [3.05, 3.63) is 0 Å². The summed E-state index contributed by atoms with van der Waals surface area (Å²) in [6.07, 6.45) is 4.98. The Morgan fingerprint density at radius 1 is 1.26 bits per heavy atom. The van der Waals surface area contributed by atoms with Crippen LogP contribution in [0.5, 0.6) is 0 Å². The smallest absolute Gasteiger partial charge is 0.191 e. The number of rotatable bonds is 10. The summed E-state index contributed by atoms with van der Waals surface area (Å²) >= 11 is 0. The highest BCUT2D eigenvalue weighted by Gasteiger charge is 2.18. The Morgan fingerprint density at radius 2 is 2.00 bits per heavy atom. The van der Waals surface area contributed by atoms with Crippen molar-refractivity contribution in [2.75, 3.05) is 53.0 Å². The van der Waals surface area contributed by atoms with Gasteiger partial charge in [-0.15, -0.1) is 0 Å². The third kappa shape index (κ3) is 9.82. The molecule has 5 heteroatoms. The Hall–Kier alpha value is -0.810. The molecule has 0 unspecified atom stereocenters. The van der Waals surface area contributed by atoms with Crippen LogP contribution in [0.2, 0.25) is 0 Å². The highest BCUT2D eigenvalue weighted by Crippen LogP contribution is 2.17. The van der Waals surface area contributed by atoms with E-state index in [0.29, 0.717) is 0 Å². The van der Waals surface area contributed by atoms with Crippen LogP contribution in [-0.4, -0.2) is 63.8 Å². The molecule has 0 aromatic rings. The molecule has 5 nitrogen and oxygen atoms in total. The lowest BCUT2D eigenvalue weighted by Gasteiger charge is -2.31. The molecule has 23 heavy (non-hydrogen) atoms. The van der Waals surface area contributed by atoms with E-state index in [1.165, 1.54) is 38.8 Å². The van der Waals surface area contributed by atoms with Gasteiger partial charge in [0.15, 0.2) is 5.96 Å². The first kappa shape index (κ1) is 20.2. The summed E-state index contributed by atoms with van der Waals surface area (Å²) in [7, 11) is 1.78. The Labute approximate surface area is 143 Å². The normalized spacial score (nSPS) is 17.7. The highest BCUT2D eigenvalue weighted by atomic mass is 16.5. The number of hydrogen-bond acceptors (Lipinski definition) is 3. The molecule has 1 aliphatic heterocycles. The molecule has 0 aromatic carbocycles. The second-order valence-corrected chi connectivity index (χ2v) is 6.96. The van der Waals surface area contributed by atoms with Crippen molar-refractivity contribution in [2.45, 2.75) is 46.5 Å². The zero-order valence-corrected chi connectivity index (χ0v) is 15.7. The number of hydrogen-bond donors (Lipinski definition) is 2. The monoisotopic (exact) mass is 326 g/mol. The summed E-state index contributed by atoms with van der Waals surface area (Å²) in [6, 6.07) is 0. The molecule has 1 heterocycles. The van der Waals surface area contributed by atoms with E-state index in [1.54, 1.807) is 7.11 Å². The number of methoxy groups -OCH3 is 1. The van der Waals surface area contributed by atoms with Crippen LogP contribution < -0.4 is 10.6 Å². The van der Waals surface area contributed by atoms with Gasteiger partial charge in [-0.3, -0.25) is 4.99 Å². The van der Waals surface area contributed by atoms with Crippen molar-refractivity contribution >= 4 is 5.96 Å². The second-order valence-electron chi connectivity index (χ2n) is 6.96. The number of aliphatic imine (C=N–C) groups is 1. The van der Waals surface area contributed by atoms with Gasteiger partial charge in [-0.05, 0) is 57.5 Å². The fourth-order valence-corrected chi connectivity index (χ4v) is 2.89. The average molecular weight is 327 g/mol. The standard InChI is InChI=1S/C18H38N4O/c1-5-19-18(20-10-6-7-16(2)3)21-15-17-8-11-22(12-9-17)13-14-23-4/h16-17H,5-15H2,1-4H3,(H2,19,20,21). The summed E-state index contributed by atoms with van der Waals surface area (Å²) in [5.74, 6) is 2.48. The van der Waals surface area contributed by atoms with Crippen LogP contribution in [0, 0.1) is 11.8 Å². The van der Waals surface area contributed by atoms with E-state index in [1.807, 2.05) is 0 Å². The first-order valence-corrected chi connectivity index (χ1v) is 9.39. The van der Waals surface area contributed by atoms with Crippen molar-refractivity contribution in [3.63, 3.8) is 0 Å². The van der Waals surface area contributed by atoms with Crippen molar-refractivity contribution in [1.29, 1.82) is 0 Å². The van der Waals surface area contributed by atoms with Crippen molar-refractivity contribution in [3.8, 4) is 0 Å². The minimum Gasteiger partial charge on any atom is -0.383 e. The van der Waals surface area contributed by atoms with Gasteiger partial charge in [0, 0.05) is 33.3 Å². The lowest BCUT2D eigenvalue weighted by Crippen LogP contribution is -2.39. The molecule has 0 aliphatic carbocycles. The molecular formula is C18H38N4O. The number of nitrogens with zero attached hydrogens (tertiary/aromatic N) is 2. The quantitative estimate of drug-likeness (QED) is 0.367. The van der Waals surface area contributed by atoms with Crippen LogP contribution in [0.25, 0.3) is 0 Å². The van der Waals surface area contributed by atoms with E-state index in [9.17, 15) is 0 Å². The number of piperidine rings is 1. The van der Waals surface area contributed by atoms with E-state index in [-0.39, 0.29) is 0 Å². The SMILES string of the molecule is CCNC(=NCC1CCN(CCOC)CC1)NCCCC(C)C. The van der Waals surface area contributed by atoms with Gasteiger partial charge in [0.1, 0.15) is 0 Å². The number of likely N-dealkylation sites (tertiary alicyclic amines) is 1. The minimum absolute atomic E-state index is 0.722. The predicted octanol–water partition coefficient (Wildman–Crippen LogP) is 2.34. The Bertz CT molecular complexity index is 312. The lowest BCUT2D eigenvalue weighted by atomic mass is 9.97. The van der Waals surface area contributed by atoms with Crippen molar-refractivity contribution < 1.29 is 4.74 Å². The van der Waals surface area contributed by atoms with Crippen LogP contribution in [0.1, 0.15) is 46.5 Å². The molecule has 1 aliphatic rings. The molecule has 1 fully saturated rings. The molecule has 136 valence electrons. The molecule has 0 amide bonds. The van der Waals surface area contributed by atoms with Crippen LogP contribution in [0.15, 0.2) is 4.99 Å². The maximum absolute atomic E-state index is 5.16. The van der Waals surface area contributed by atoms with Crippen LogP contribution >= 0.6 is 0 Å². The summed E-state index contributed by atoms with van der Waals surface area (Å²) in [5, 5.41) is 6.82. The van der Waals surface area contributed by atoms with E-state index in [0.717, 1.165) is 50.6 Å². The maximum atomic E-state index is 5.16. The van der Waals surface area contributed by atoms with Crippen molar-refractivity contribution in [1.82, 2.24) is 15.5 Å². The topological polar surface area (TPSA) is 48.9 Å². The van der Waals surface area contributed by atoms with Crippen molar-refractivity contribution in [2.24, 2.45) is 16.8 Å². The molecule has 0 saturated carbocycles. The summed E-state index contributed by atoms with van der Waals surface area (Å²) < 4.78 is 5.16. The number of guanidine groups is 1. The molecule has 1 rings (SSSR count). The number of nitrogens with one attached hydrogen (secondary N) is 2. The molecular weight excluding hydrogens is 288 g/mol. The van der Waals surface area contributed by atoms with Crippen LogP contribution in [-0.2, 0) is 4.74 Å².